The first-order chi connectivity index (χ1) is 9.67. The number of aryl methyl sites for hydroxylation is 1. The number of fused-ring (bicyclic) bond motifs is 2. The summed E-state index contributed by atoms with van der Waals surface area (Å²) in [4.78, 5) is 15.1. The van der Waals surface area contributed by atoms with Crippen molar-refractivity contribution in [3.63, 3.8) is 0 Å². The summed E-state index contributed by atoms with van der Waals surface area (Å²) in [5.41, 5.74) is 2.58. The lowest BCUT2D eigenvalue weighted by atomic mass is 9.65. The zero-order chi connectivity index (χ0) is 15.4. The van der Waals surface area contributed by atoms with Gasteiger partial charge < -0.3 is 4.90 Å². The number of halogens is 1. The Morgan fingerprint density at radius 2 is 1.95 bits per heavy atom. The number of likely N-dealkylation sites (tertiary alicyclic amines) is 1. The van der Waals surface area contributed by atoms with Gasteiger partial charge in [-0.2, -0.15) is 0 Å². The van der Waals surface area contributed by atoms with Crippen LogP contribution in [0, 0.1) is 17.8 Å². The molecule has 114 valence electrons. The summed E-state index contributed by atoms with van der Waals surface area (Å²) in [6, 6.07) is 6.41. The third-order valence-corrected chi connectivity index (χ3v) is 5.42. The van der Waals surface area contributed by atoms with Crippen LogP contribution in [0.15, 0.2) is 22.7 Å². The SMILES string of the molecule is Cc1cc(Br)cc(C(=O)N2CC3(C)CC2CC(C)(C)C3)c1. The number of hydrogen-bond acceptors (Lipinski definition) is 1. The summed E-state index contributed by atoms with van der Waals surface area (Å²) in [5, 5.41) is 0. The maximum Gasteiger partial charge on any atom is 0.254 e. The molecule has 2 unspecified atom stereocenters. The van der Waals surface area contributed by atoms with Crippen LogP contribution in [0.3, 0.4) is 0 Å². The van der Waals surface area contributed by atoms with E-state index in [0.717, 1.165) is 35.0 Å². The number of carbonyl (C=O) groups excluding carboxylic acids is 1. The molecule has 0 radical (unpaired) electrons. The van der Waals surface area contributed by atoms with E-state index in [1.165, 1.54) is 6.42 Å². The highest BCUT2D eigenvalue weighted by Crippen LogP contribution is 2.52. The van der Waals surface area contributed by atoms with Crippen molar-refractivity contribution in [1.82, 2.24) is 4.90 Å². The van der Waals surface area contributed by atoms with Crippen molar-refractivity contribution in [2.24, 2.45) is 10.8 Å². The van der Waals surface area contributed by atoms with Crippen LogP contribution in [0.25, 0.3) is 0 Å². The van der Waals surface area contributed by atoms with Gasteiger partial charge in [-0.3, -0.25) is 4.79 Å². The van der Waals surface area contributed by atoms with E-state index in [1.807, 2.05) is 25.1 Å². The first-order valence-corrected chi connectivity index (χ1v) is 8.55. The molecule has 2 nitrogen and oxygen atoms in total. The normalized spacial score (nSPS) is 30.5. The second-order valence-electron chi connectivity index (χ2n) is 8.16. The predicted octanol–water partition coefficient (Wildman–Crippen LogP) is 4.80. The highest BCUT2D eigenvalue weighted by Gasteiger charge is 2.50. The molecule has 21 heavy (non-hydrogen) atoms. The lowest BCUT2D eigenvalue weighted by Gasteiger charge is -2.39. The molecule has 1 aromatic carbocycles. The molecule has 1 heterocycles. The molecule has 3 rings (SSSR count). The Kier molecular flexibility index (Phi) is 3.47. The summed E-state index contributed by atoms with van der Waals surface area (Å²) in [7, 11) is 0. The van der Waals surface area contributed by atoms with Gasteiger partial charge in [0.25, 0.3) is 5.91 Å². The van der Waals surface area contributed by atoms with Gasteiger partial charge in [0, 0.05) is 22.6 Å². The highest BCUT2D eigenvalue weighted by molar-refractivity contribution is 9.10. The van der Waals surface area contributed by atoms with E-state index in [0.29, 0.717) is 16.9 Å². The van der Waals surface area contributed by atoms with Crippen molar-refractivity contribution >= 4 is 21.8 Å². The standard InChI is InChI=1S/C18H24BrNO/c1-12-5-13(7-14(19)6-12)16(21)20-11-18(4)9-15(20)8-17(2,3)10-18/h5-7,15H,8-11H2,1-4H3. The Labute approximate surface area is 136 Å². The van der Waals surface area contributed by atoms with Crippen LogP contribution in [0.4, 0.5) is 0 Å². The van der Waals surface area contributed by atoms with Gasteiger partial charge in [0.05, 0.1) is 0 Å². The summed E-state index contributed by atoms with van der Waals surface area (Å²) in [6.07, 6.45) is 3.51. The van der Waals surface area contributed by atoms with Gasteiger partial charge in [-0.1, -0.05) is 36.7 Å². The van der Waals surface area contributed by atoms with Crippen molar-refractivity contribution in [2.45, 2.75) is 53.0 Å². The van der Waals surface area contributed by atoms with E-state index in [4.69, 9.17) is 0 Å². The fourth-order valence-electron chi connectivity index (χ4n) is 4.72. The third-order valence-electron chi connectivity index (χ3n) is 4.96. The topological polar surface area (TPSA) is 20.3 Å². The van der Waals surface area contributed by atoms with Crippen molar-refractivity contribution in [3.8, 4) is 0 Å². The zero-order valence-electron chi connectivity index (χ0n) is 13.4. The van der Waals surface area contributed by atoms with Gasteiger partial charge in [-0.15, -0.1) is 0 Å². The Balaban J connectivity index is 1.89. The van der Waals surface area contributed by atoms with Crippen LogP contribution < -0.4 is 0 Å². The Hall–Kier alpha value is -0.830. The number of nitrogens with zero attached hydrogens (tertiary/aromatic N) is 1. The number of carbonyl (C=O) groups is 1. The maximum absolute atomic E-state index is 13.0. The minimum atomic E-state index is 0.200. The molecule has 2 aliphatic rings. The highest BCUT2D eigenvalue weighted by atomic mass is 79.9. The van der Waals surface area contributed by atoms with Crippen molar-refractivity contribution in [2.75, 3.05) is 6.54 Å². The summed E-state index contributed by atoms with van der Waals surface area (Å²) >= 11 is 3.50. The molecule has 1 saturated heterocycles. The number of rotatable bonds is 1. The van der Waals surface area contributed by atoms with Gasteiger partial charge in [0.2, 0.25) is 0 Å². The minimum Gasteiger partial charge on any atom is -0.335 e. The second kappa shape index (κ2) is 4.84. The molecule has 0 aromatic heterocycles. The van der Waals surface area contributed by atoms with Gasteiger partial charge in [0.1, 0.15) is 0 Å². The Bertz CT molecular complexity index is 575. The monoisotopic (exact) mass is 349 g/mol. The van der Waals surface area contributed by atoms with Crippen LogP contribution >= 0.6 is 15.9 Å². The van der Waals surface area contributed by atoms with E-state index in [1.54, 1.807) is 0 Å². The van der Waals surface area contributed by atoms with Crippen LogP contribution in [-0.4, -0.2) is 23.4 Å². The molecule has 0 N–H and O–H groups in total. The maximum atomic E-state index is 13.0. The lowest BCUT2D eigenvalue weighted by molar-refractivity contribution is 0.0708. The van der Waals surface area contributed by atoms with E-state index in [-0.39, 0.29) is 5.91 Å². The average molecular weight is 350 g/mol. The molecule has 1 aliphatic carbocycles. The van der Waals surface area contributed by atoms with Crippen molar-refractivity contribution in [3.05, 3.63) is 33.8 Å². The molecular formula is C18H24BrNO. The lowest BCUT2D eigenvalue weighted by Crippen LogP contribution is -2.37. The van der Waals surface area contributed by atoms with Crippen LogP contribution in [0.1, 0.15) is 56.0 Å². The molecule has 1 aromatic rings. The van der Waals surface area contributed by atoms with E-state index in [9.17, 15) is 4.79 Å². The molecular weight excluding hydrogens is 326 g/mol. The number of hydrogen-bond donors (Lipinski definition) is 0. The quantitative estimate of drug-likeness (QED) is 0.713. The molecule has 1 saturated carbocycles. The Morgan fingerprint density at radius 1 is 1.24 bits per heavy atom. The molecule has 1 amide bonds. The van der Waals surface area contributed by atoms with Gasteiger partial charge in [0.15, 0.2) is 0 Å². The fourth-order valence-corrected chi connectivity index (χ4v) is 5.33. The molecule has 3 heteroatoms. The molecule has 0 spiro atoms. The zero-order valence-corrected chi connectivity index (χ0v) is 15.0. The first-order valence-electron chi connectivity index (χ1n) is 7.76. The number of amides is 1. The molecule has 1 aliphatic heterocycles. The van der Waals surface area contributed by atoms with Gasteiger partial charge in [-0.25, -0.2) is 0 Å². The van der Waals surface area contributed by atoms with Crippen LogP contribution in [-0.2, 0) is 0 Å². The summed E-state index contributed by atoms with van der Waals surface area (Å²) < 4.78 is 0.986. The molecule has 2 atom stereocenters. The largest absolute Gasteiger partial charge is 0.335 e. The van der Waals surface area contributed by atoms with E-state index < -0.39 is 0 Å². The predicted molar refractivity (Wildman–Crippen MR) is 89.4 cm³/mol. The molecule has 2 bridgehead atoms. The van der Waals surface area contributed by atoms with E-state index in [2.05, 4.69) is 41.6 Å². The average Bonchev–Trinajstić information content (AvgIpc) is 2.56. The third kappa shape index (κ3) is 2.90. The Morgan fingerprint density at radius 3 is 2.62 bits per heavy atom. The van der Waals surface area contributed by atoms with Crippen molar-refractivity contribution in [1.29, 1.82) is 0 Å². The van der Waals surface area contributed by atoms with Crippen LogP contribution in [0.5, 0.6) is 0 Å². The molecule has 2 fully saturated rings. The smallest absolute Gasteiger partial charge is 0.254 e. The van der Waals surface area contributed by atoms with Gasteiger partial charge in [-0.05, 0) is 60.8 Å². The van der Waals surface area contributed by atoms with Gasteiger partial charge >= 0.3 is 0 Å². The van der Waals surface area contributed by atoms with Crippen LogP contribution in [0.2, 0.25) is 0 Å². The van der Waals surface area contributed by atoms with Crippen molar-refractivity contribution < 1.29 is 4.79 Å². The van der Waals surface area contributed by atoms with E-state index >= 15 is 0 Å². The number of benzene rings is 1. The summed E-state index contributed by atoms with van der Waals surface area (Å²) in [6.45, 7) is 9.98. The summed E-state index contributed by atoms with van der Waals surface area (Å²) in [5.74, 6) is 0.200. The minimum absolute atomic E-state index is 0.200. The second-order valence-corrected chi connectivity index (χ2v) is 9.08. The fraction of sp³-hybridized carbons (Fsp3) is 0.611. The first kappa shape index (κ1) is 15.1.